The number of aromatic hydroxyl groups is 1. The van der Waals surface area contributed by atoms with Crippen molar-refractivity contribution in [3.63, 3.8) is 0 Å². The molecule has 0 spiro atoms. The standard InChI is InChI=1S/C24H30O7/c1-4-8-19(25)18-10-12-20(16(2)23(18)26)30-13-6-5-7-14-31-21-11-9-17(24(27)28)15-22(21)29-3/h9-12,15,26H,4-8,13-14H2,1-3H3,(H,27,28). The van der Waals surface area contributed by atoms with E-state index in [0.29, 0.717) is 48.0 Å². The van der Waals surface area contributed by atoms with Crippen LogP contribution in [0.2, 0.25) is 0 Å². The number of ether oxygens (including phenoxy) is 3. The Hall–Kier alpha value is -3.22. The van der Waals surface area contributed by atoms with E-state index in [4.69, 9.17) is 19.3 Å². The Morgan fingerprint density at radius 2 is 1.58 bits per heavy atom. The minimum Gasteiger partial charge on any atom is -0.507 e. The van der Waals surface area contributed by atoms with Crippen molar-refractivity contribution in [3.05, 3.63) is 47.0 Å². The van der Waals surface area contributed by atoms with Crippen LogP contribution < -0.4 is 14.2 Å². The van der Waals surface area contributed by atoms with Crippen LogP contribution in [0.25, 0.3) is 0 Å². The van der Waals surface area contributed by atoms with E-state index in [0.717, 1.165) is 25.7 Å². The van der Waals surface area contributed by atoms with Gasteiger partial charge in [0.1, 0.15) is 11.5 Å². The highest BCUT2D eigenvalue weighted by Gasteiger charge is 2.15. The van der Waals surface area contributed by atoms with Crippen molar-refractivity contribution in [2.45, 2.75) is 46.0 Å². The molecule has 0 aromatic heterocycles. The summed E-state index contributed by atoms with van der Waals surface area (Å²) in [4.78, 5) is 23.1. The topological polar surface area (TPSA) is 102 Å². The first-order chi connectivity index (χ1) is 14.9. The molecule has 0 aliphatic rings. The molecule has 0 amide bonds. The Morgan fingerprint density at radius 3 is 2.19 bits per heavy atom. The Morgan fingerprint density at radius 1 is 0.935 bits per heavy atom. The van der Waals surface area contributed by atoms with Crippen LogP contribution in [0, 0.1) is 6.92 Å². The highest BCUT2D eigenvalue weighted by Crippen LogP contribution is 2.32. The van der Waals surface area contributed by atoms with Crippen LogP contribution in [0.15, 0.2) is 30.3 Å². The molecule has 7 heteroatoms. The molecule has 168 valence electrons. The van der Waals surface area contributed by atoms with E-state index in [1.807, 2.05) is 6.92 Å². The number of Topliss-reactive ketones (excluding diaryl/α,β-unsaturated/α-hetero) is 1. The van der Waals surface area contributed by atoms with Gasteiger partial charge in [-0.25, -0.2) is 4.79 Å². The number of phenols is 1. The molecule has 2 aromatic carbocycles. The number of unbranched alkanes of at least 4 members (excludes halogenated alkanes) is 2. The van der Waals surface area contributed by atoms with Gasteiger partial charge in [0.15, 0.2) is 17.3 Å². The number of ketones is 1. The lowest BCUT2D eigenvalue weighted by molar-refractivity contribution is 0.0696. The summed E-state index contributed by atoms with van der Waals surface area (Å²) in [5.74, 6) is 0.378. The summed E-state index contributed by atoms with van der Waals surface area (Å²) >= 11 is 0. The van der Waals surface area contributed by atoms with Crippen molar-refractivity contribution < 1.29 is 34.0 Å². The monoisotopic (exact) mass is 430 g/mol. The highest BCUT2D eigenvalue weighted by atomic mass is 16.5. The predicted molar refractivity (Wildman–Crippen MR) is 117 cm³/mol. The molecule has 0 saturated heterocycles. The second-order valence-electron chi connectivity index (χ2n) is 7.19. The first-order valence-corrected chi connectivity index (χ1v) is 10.4. The number of carbonyl (C=O) groups excluding carboxylic acids is 1. The Balaban J connectivity index is 1.75. The number of phenolic OH excluding ortho intramolecular Hbond substituents is 1. The van der Waals surface area contributed by atoms with Crippen molar-refractivity contribution in [1.29, 1.82) is 0 Å². The smallest absolute Gasteiger partial charge is 0.335 e. The normalized spacial score (nSPS) is 10.5. The molecule has 7 nitrogen and oxygen atoms in total. The maximum absolute atomic E-state index is 12.0. The van der Waals surface area contributed by atoms with Crippen LogP contribution in [0.1, 0.15) is 65.3 Å². The van der Waals surface area contributed by atoms with E-state index in [1.165, 1.54) is 19.2 Å². The largest absolute Gasteiger partial charge is 0.507 e. The van der Waals surface area contributed by atoms with Gasteiger partial charge in [-0.05, 0) is 62.9 Å². The predicted octanol–water partition coefficient (Wildman–Crippen LogP) is 5.02. The zero-order valence-corrected chi connectivity index (χ0v) is 18.3. The second-order valence-corrected chi connectivity index (χ2v) is 7.19. The summed E-state index contributed by atoms with van der Waals surface area (Å²) in [6.07, 6.45) is 3.61. The number of carboxylic acid groups (broad SMARTS) is 1. The van der Waals surface area contributed by atoms with E-state index >= 15 is 0 Å². The highest BCUT2D eigenvalue weighted by molar-refractivity contribution is 5.99. The van der Waals surface area contributed by atoms with E-state index in [9.17, 15) is 14.7 Å². The van der Waals surface area contributed by atoms with Gasteiger partial charge in [0.2, 0.25) is 0 Å². The Labute approximate surface area is 182 Å². The Bertz CT molecular complexity index is 905. The van der Waals surface area contributed by atoms with Crippen molar-refractivity contribution in [2.24, 2.45) is 0 Å². The van der Waals surface area contributed by atoms with E-state index in [1.54, 1.807) is 25.1 Å². The van der Waals surface area contributed by atoms with Crippen molar-refractivity contribution in [2.75, 3.05) is 20.3 Å². The number of carboxylic acids is 1. The van der Waals surface area contributed by atoms with Crippen molar-refractivity contribution in [3.8, 4) is 23.0 Å². The fourth-order valence-corrected chi connectivity index (χ4v) is 3.09. The van der Waals surface area contributed by atoms with E-state index < -0.39 is 5.97 Å². The summed E-state index contributed by atoms with van der Waals surface area (Å²) in [5, 5.41) is 19.3. The van der Waals surface area contributed by atoms with Gasteiger partial charge in [-0.1, -0.05) is 6.92 Å². The molecule has 2 aromatic rings. The molecule has 0 saturated carbocycles. The van der Waals surface area contributed by atoms with Crippen LogP contribution in [-0.4, -0.2) is 42.3 Å². The molecule has 0 fully saturated rings. The van der Waals surface area contributed by atoms with Gasteiger partial charge < -0.3 is 24.4 Å². The lowest BCUT2D eigenvalue weighted by Crippen LogP contribution is -2.04. The maximum Gasteiger partial charge on any atom is 0.335 e. The van der Waals surface area contributed by atoms with Crippen LogP contribution >= 0.6 is 0 Å². The van der Waals surface area contributed by atoms with Gasteiger partial charge in [0.25, 0.3) is 0 Å². The van der Waals surface area contributed by atoms with Crippen LogP contribution in [0.5, 0.6) is 23.0 Å². The minimum absolute atomic E-state index is 0.00721. The van der Waals surface area contributed by atoms with Crippen LogP contribution in [0.4, 0.5) is 0 Å². The zero-order chi connectivity index (χ0) is 22.8. The lowest BCUT2D eigenvalue weighted by Gasteiger charge is -2.13. The van der Waals surface area contributed by atoms with Crippen molar-refractivity contribution >= 4 is 11.8 Å². The van der Waals surface area contributed by atoms with Crippen LogP contribution in [-0.2, 0) is 0 Å². The molecule has 0 radical (unpaired) electrons. The molecule has 0 aliphatic carbocycles. The summed E-state index contributed by atoms with van der Waals surface area (Å²) < 4.78 is 16.6. The number of aromatic carboxylic acids is 1. The quantitative estimate of drug-likeness (QED) is 0.340. The minimum atomic E-state index is -1.02. The van der Waals surface area contributed by atoms with Gasteiger partial charge in [0, 0.05) is 12.0 Å². The lowest BCUT2D eigenvalue weighted by atomic mass is 10.0. The van der Waals surface area contributed by atoms with Gasteiger partial charge in [-0.15, -0.1) is 0 Å². The van der Waals surface area contributed by atoms with E-state index in [-0.39, 0.29) is 17.1 Å². The second kappa shape index (κ2) is 11.8. The number of carbonyl (C=O) groups is 2. The number of hydrogen-bond acceptors (Lipinski definition) is 6. The van der Waals surface area contributed by atoms with Gasteiger partial charge in [-0.3, -0.25) is 4.79 Å². The molecule has 0 atom stereocenters. The third-order valence-electron chi connectivity index (χ3n) is 4.87. The summed E-state index contributed by atoms with van der Waals surface area (Å²) in [6.45, 7) is 4.62. The van der Waals surface area contributed by atoms with Crippen molar-refractivity contribution in [1.82, 2.24) is 0 Å². The molecule has 0 unspecified atom stereocenters. The molecular formula is C24H30O7. The molecule has 31 heavy (non-hydrogen) atoms. The summed E-state index contributed by atoms with van der Waals surface area (Å²) in [5.41, 5.74) is 1.06. The zero-order valence-electron chi connectivity index (χ0n) is 18.3. The molecule has 0 heterocycles. The average Bonchev–Trinajstić information content (AvgIpc) is 2.75. The molecule has 2 rings (SSSR count). The number of methoxy groups -OCH3 is 1. The molecule has 0 bridgehead atoms. The average molecular weight is 430 g/mol. The number of hydrogen-bond donors (Lipinski definition) is 2. The van der Waals surface area contributed by atoms with Crippen LogP contribution in [0.3, 0.4) is 0 Å². The fraction of sp³-hybridized carbons (Fsp3) is 0.417. The third-order valence-corrected chi connectivity index (χ3v) is 4.87. The fourth-order valence-electron chi connectivity index (χ4n) is 3.09. The molecule has 0 aliphatic heterocycles. The molecule has 2 N–H and O–H groups in total. The summed E-state index contributed by atoms with van der Waals surface area (Å²) in [7, 11) is 1.47. The maximum atomic E-state index is 12.0. The summed E-state index contributed by atoms with van der Waals surface area (Å²) in [6, 6.07) is 7.85. The van der Waals surface area contributed by atoms with E-state index in [2.05, 4.69) is 0 Å². The number of rotatable bonds is 13. The first kappa shape index (κ1) is 24.1. The van der Waals surface area contributed by atoms with Gasteiger partial charge >= 0.3 is 5.97 Å². The Kier molecular flexibility index (Phi) is 9.18. The molecular weight excluding hydrogens is 400 g/mol. The SMILES string of the molecule is CCCC(=O)c1ccc(OCCCCCOc2ccc(C(=O)O)cc2OC)c(C)c1O. The third kappa shape index (κ3) is 6.64. The van der Waals surface area contributed by atoms with Gasteiger partial charge in [0.05, 0.1) is 31.5 Å². The van der Waals surface area contributed by atoms with Gasteiger partial charge in [-0.2, -0.15) is 0 Å². The first-order valence-electron chi connectivity index (χ1n) is 10.4. The number of benzene rings is 2.